The van der Waals surface area contributed by atoms with Gasteiger partial charge < -0.3 is 4.90 Å². The minimum Gasteiger partial charge on any atom is -0.310 e. The van der Waals surface area contributed by atoms with E-state index in [0.29, 0.717) is 16.9 Å². The van der Waals surface area contributed by atoms with Gasteiger partial charge in [0.1, 0.15) is 0 Å². The van der Waals surface area contributed by atoms with Crippen LogP contribution in [0.4, 0.5) is 17.1 Å². The van der Waals surface area contributed by atoms with Gasteiger partial charge in [-0.25, -0.2) is 0 Å². The number of nitrogens with zero attached hydrogens (tertiary/aromatic N) is 1. The van der Waals surface area contributed by atoms with Gasteiger partial charge in [-0.15, -0.1) is 0 Å². The second-order valence-corrected chi connectivity index (χ2v) is 14.4. The van der Waals surface area contributed by atoms with Crippen LogP contribution >= 0.6 is 0 Å². The highest BCUT2D eigenvalue weighted by molar-refractivity contribution is 5.94. The molecule has 2 aliphatic carbocycles. The predicted octanol–water partition coefficient (Wildman–Crippen LogP) is 14.5. The van der Waals surface area contributed by atoms with Gasteiger partial charge in [-0.3, -0.25) is 0 Å². The Hall–Kier alpha value is -7.22. The monoisotopic (exact) mass is 754 g/mol. The maximum atomic E-state index is 10.6. The van der Waals surface area contributed by atoms with Crippen molar-refractivity contribution in [1.82, 2.24) is 0 Å². The molecule has 0 fully saturated rings. The molecule has 0 radical (unpaired) electrons. The third-order valence-corrected chi connectivity index (χ3v) is 11.5. The normalized spacial score (nSPS) is 19.4. The first-order valence-electron chi connectivity index (χ1n) is 26.5. The Morgan fingerprint density at radius 3 is 1.76 bits per heavy atom. The summed E-state index contributed by atoms with van der Waals surface area (Å²) in [5, 5.41) is 0. The van der Waals surface area contributed by atoms with Gasteiger partial charge in [0, 0.05) is 26.5 Å². The van der Waals surface area contributed by atoms with Gasteiger partial charge in [-0.2, -0.15) is 0 Å². The standard InChI is InChI=1S/C57H41N/c1-56(41-22-8-3-9-23-41)51-31-17-14-29-47(51)49-36-34-44(38-53(49)56)58(55-33-19-16-28-46(55)40-20-6-2-7-21-40)45-35-37-50-48-30-15-18-32-52(48)57(54(50)39-45,42-24-10-4-11-25-42)43-26-12-5-13-27-43/h2-39H,1H3/i1D3,3D,8D,9D,14D,17D,22D,23D,29D,31D,34D,36D,38D. The number of fused-ring (bicyclic) bond motifs is 6. The Morgan fingerprint density at radius 1 is 0.414 bits per heavy atom. The molecular weight excluding hydrogens is 699 g/mol. The SMILES string of the molecule is [2H]c1c([2H])c([2H])c(C2(C([2H])([2H])[2H])c3c([2H])c([2H])c([2H])c([2H])c3-c3c([2H])c([2H])c(N(c4ccc5c(c4)C(c4ccccc4)(c4ccccc4)c4ccccc4-5)c4ccccc4-c4ccccc4)c([2H])c32)c([2H])c1[2H]. The van der Waals surface area contributed by atoms with Gasteiger partial charge in [0.15, 0.2) is 0 Å². The molecule has 0 saturated heterocycles. The van der Waals surface area contributed by atoms with E-state index in [1.54, 1.807) is 17.0 Å². The quantitative estimate of drug-likeness (QED) is 0.157. The molecule has 0 spiro atoms. The molecule has 9 aromatic rings. The molecule has 1 nitrogen and oxygen atoms in total. The summed E-state index contributed by atoms with van der Waals surface area (Å²) in [7, 11) is 0. The highest BCUT2D eigenvalue weighted by Gasteiger charge is 2.46. The second-order valence-electron chi connectivity index (χ2n) is 14.4. The van der Waals surface area contributed by atoms with Crippen molar-refractivity contribution in [2.24, 2.45) is 0 Å². The summed E-state index contributed by atoms with van der Waals surface area (Å²) in [6.07, 6.45) is 0. The second kappa shape index (κ2) is 13.5. The number of anilines is 3. The van der Waals surface area contributed by atoms with Crippen molar-refractivity contribution in [2.45, 2.75) is 17.7 Å². The molecule has 1 heteroatoms. The van der Waals surface area contributed by atoms with Gasteiger partial charge in [-0.1, -0.05) is 200 Å². The van der Waals surface area contributed by atoms with E-state index in [9.17, 15) is 13.7 Å². The minimum atomic E-state index is -3.58. The molecule has 1 atom stereocenters. The molecule has 0 N–H and O–H groups in total. The van der Waals surface area contributed by atoms with Crippen molar-refractivity contribution in [3.05, 3.63) is 269 Å². The molecule has 0 aliphatic heterocycles. The van der Waals surface area contributed by atoms with Crippen LogP contribution in [0.1, 0.15) is 66.4 Å². The molecule has 0 amide bonds. The predicted molar refractivity (Wildman–Crippen MR) is 241 cm³/mol. The van der Waals surface area contributed by atoms with Crippen molar-refractivity contribution in [3.63, 3.8) is 0 Å². The summed E-state index contributed by atoms with van der Waals surface area (Å²) < 4.78 is 140. The molecule has 9 aromatic carbocycles. The summed E-state index contributed by atoms with van der Waals surface area (Å²) in [5.41, 5.74) is 0.225. The zero-order valence-electron chi connectivity index (χ0n) is 46.0. The van der Waals surface area contributed by atoms with E-state index >= 15 is 0 Å². The minimum absolute atomic E-state index is 0.323. The molecule has 1 unspecified atom stereocenters. The number of benzene rings is 9. The Kier molecular flexibility index (Phi) is 5.09. The first-order valence-corrected chi connectivity index (χ1v) is 19.0. The molecule has 0 aromatic heterocycles. The lowest BCUT2D eigenvalue weighted by molar-refractivity contribution is 0.714. The molecule has 0 heterocycles. The van der Waals surface area contributed by atoms with Crippen LogP contribution in [0, 0.1) is 0 Å². The molecular formula is C57H41N. The van der Waals surface area contributed by atoms with Gasteiger partial charge in [0.2, 0.25) is 0 Å². The first kappa shape index (κ1) is 21.9. The van der Waals surface area contributed by atoms with Crippen LogP contribution in [0.2, 0.25) is 0 Å². The van der Waals surface area contributed by atoms with Crippen LogP contribution in [0.25, 0.3) is 33.4 Å². The average molecular weight is 755 g/mol. The highest BCUT2D eigenvalue weighted by atomic mass is 15.1. The largest absolute Gasteiger partial charge is 0.310 e. The average Bonchev–Trinajstić information content (AvgIpc) is 3.91. The summed E-state index contributed by atoms with van der Waals surface area (Å²) >= 11 is 0. The van der Waals surface area contributed by atoms with Crippen LogP contribution in [-0.2, 0) is 10.8 Å². The zero-order valence-corrected chi connectivity index (χ0v) is 31.0. The van der Waals surface area contributed by atoms with Crippen LogP contribution < -0.4 is 4.90 Å². The fourth-order valence-corrected chi connectivity index (χ4v) is 9.06. The van der Waals surface area contributed by atoms with E-state index in [1.807, 2.05) is 109 Å². The van der Waals surface area contributed by atoms with Crippen LogP contribution in [0.3, 0.4) is 0 Å². The van der Waals surface area contributed by atoms with Crippen molar-refractivity contribution >= 4 is 17.1 Å². The summed E-state index contributed by atoms with van der Waals surface area (Å²) in [5.74, 6) is 0. The Balaban J connectivity index is 1.33. The van der Waals surface area contributed by atoms with E-state index in [1.165, 1.54) is 0 Å². The molecule has 2 aliphatic rings. The molecule has 58 heavy (non-hydrogen) atoms. The van der Waals surface area contributed by atoms with E-state index in [4.69, 9.17) is 6.85 Å². The number of para-hydroxylation sites is 1. The third kappa shape index (κ3) is 4.96. The van der Waals surface area contributed by atoms with Crippen LogP contribution in [-0.4, -0.2) is 0 Å². The molecule has 0 saturated carbocycles. The smallest absolute Gasteiger partial charge is 0.0714 e. The summed E-state index contributed by atoms with van der Waals surface area (Å²) in [6, 6.07) is 40.7. The number of hydrogen-bond acceptors (Lipinski definition) is 1. The molecule has 0 bridgehead atoms. The topological polar surface area (TPSA) is 3.24 Å². The van der Waals surface area contributed by atoms with Gasteiger partial charge in [-0.05, 0) is 104 Å². The fraction of sp³-hybridized carbons (Fsp3) is 0.0526. The van der Waals surface area contributed by atoms with Gasteiger partial charge >= 0.3 is 0 Å². The number of rotatable bonds is 7. The maximum Gasteiger partial charge on any atom is 0.0714 e. The lowest BCUT2D eigenvalue weighted by Crippen LogP contribution is -2.28. The van der Waals surface area contributed by atoms with E-state index in [2.05, 4.69) is 36.4 Å². The van der Waals surface area contributed by atoms with E-state index in [-0.39, 0.29) is 5.69 Å². The Bertz CT molecular complexity index is 3700. The third-order valence-electron chi connectivity index (χ3n) is 11.5. The maximum absolute atomic E-state index is 10.6. The summed E-state index contributed by atoms with van der Waals surface area (Å²) in [6.45, 7) is -3.58. The van der Waals surface area contributed by atoms with Gasteiger partial charge in [0.25, 0.3) is 0 Å². The Morgan fingerprint density at radius 2 is 1.02 bits per heavy atom. The lowest BCUT2D eigenvalue weighted by atomic mass is 9.67. The van der Waals surface area contributed by atoms with Crippen LogP contribution in [0.15, 0.2) is 230 Å². The Labute approximate surface area is 362 Å². The van der Waals surface area contributed by atoms with E-state index in [0.717, 1.165) is 38.9 Å². The molecule has 274 valence electrons. The van der Waals surface area contributed by atoms with Crippen molar-refractivity contribution in [2.75, 3.05) is 4.90 Å². The highest BCUT2D eigenvalue weighted by Crippen LogP contribution is 2.58. The van der Waals surface area contributed by atoms with Crippen molar-refractivity contribution in [3.8, 4) is 33.4 Å². The van der Waals surface area contributed by atoms with E-state index < -0.39 is 118 Å². The zero-order chi connectivity index (χ0) is 51.6. The van der Waals surface area contributed by atoms with Crippen molar-refractivity contribution in [1.29, 1.82) is 0 Å². The lowest BCUT2D eigenvalue weighted by Gasteiger charge is -2.35. The number of hydrogen-bond donors (Lipinski definition) is 0. The van der Waals surface area contributed by atoms with Gasteiger partial charge in [0.05, 0.1) is 27.6 Å². The summed E-state index contributed by atoms with van der Waals surface area (Å²) in [4.78, 5) is 1.62. The first-order chi connectivity index (χ1) is 34.9. The van der Waals surface area contributed by atoms with Crippen LogP contribution in [0.5, 0.6) is 0 Å². The fourth-order valence-electron chi connectivity index (χ4n) is 9.06. The van der Waals surface area contributed by atoms with Crippen molar-refractivity contribution < 1.29 is 20.6 Å². The molecule has 11 rings (SSSR count).